The Kier molecular flexibility index (Phi) is 5.66. The van der Waals surface area contributed by atoms with Crippen molar-refractivity contribution in [2.75, 3.05) is 25.9 Å². The lowest BCUT2D eigenvalue weighted by molar-refractivity contribution is -0.120. The van der Waals surface area contributed by atoms with E-state index in [4.69, 9.17) is 10.5 Å². The summed E-state index contributed by atoms with van der Waals surface area (Å²) in [6.45, 7) is 2.72. The summed E-state index contributed by atoms with van der Waals surface area (Å²) in [6.07, 6.45) is 0.255. The van der Waals surface area contributed by atoms with Crippen molar-refractivity contribution in [2.24, 2.45) is 0 Å². The fraction of sp³-hybridized carbons (Fsp3) is 0.385. The first-order valence-electron chi connectivity index (χ1n) is 6.07. The highest BCUT2D eigenvalue weighted by Crippen LogP contribution is 2.21. The zero-order valence-corrected chi connectivity index (χ0v) is 11.2. The molecule has 0 radical (unpaired) electrons. The van der Waals surface area contributed by atoms with Crippen LogP contribution in [0.3, 0.4) is 0 Å². The molecule has 104 valence electrons. The first-order chi connectivity index (χ1) is 9.08. The minimum Gasteiger partial charge on any atom is -0.495 e. The van der Waals surface area contributed by atoms with Gasteiger partial charge in [-0.2, -0.15) is 0 Å². The van der Waals surface area contributed by atoms with Crippen molar-refractivity contribution < 1.29 is 14.3 Å². The Bertz CT molecular complexity index is 460. The van der Waals surface area contributed by atoms with E-state index < -0.39 is 0 Å². The Hall–Kier alpha value is -2.24. The molecule has 0 spiro atoms. The van der Waals surface area contributed by atoms with E-state index in [1.807, 2.05) is 6.92 Å². The van der Waals surface area contributed by atoms with Gasteiger partial charge in [-0.3, -0.25) is 9.59 Å². The predicted molar refractivity (Wildman–Crippen MR) is 73.0 cm³/mol. The zero-order chi connectivity index (χ0) is 14.3. The highest BCUT2D eigenvalue weighted by molar-refractivity contribution is 5.95. The van der Waals surface area contributed by atoms with Gasteiger partial charge in [-0.05, 0) is 25.1 Å². The van der Waals surface area contributed by atoms with Crippen LogP contribution >= 0.6 is 0 Å². The SMILES string of the molecule is CCNC(=O)CCNC(=O)c1ccc(OC)c(N)c1. The van der Waals surface area contributed by atoms with Crippen molar-refractivity contribution in [3.63, 3.8) is 0 Å². The van der Waals surface area contributed by atoms with Crippen LogP contribution in [-0.4, -0.2) is 32.0 Å². The summed E-state index contributed by atoms with van der Waals surface area (Å²) in [4.78, 5) is 23.0. The minimum atomic E-state index is -0.265. The molecule has 0 aliphatic carbocycles. The number of nitrogens with one attached hydrogen (secondary N) is 2. The van der Waals surface area contributed by atoms with Gasteiger partial charge < -0.3 is 21.1 Å². The average molecular weight is 265 g/mol. The second-order valence-electron chi connectivity index (χ2n) is 3.92. The average Bonchev–Trinajstić information content (AvgIpc) is 2.38. The Morgan fingerprint density at radius 1 is 1.32 bits per heavy atom. The minimum absolute atomic E-state index is 0.0861. The molecule has 0 saturated heterocycles. The van der Waals surface area contributed by atoms with Crippen LogP contribution < -0.4 is 21.1 Å². The molecule has 6 heteroatoms. The van der Waals surface area contributed by atoms with Crippen LogP contribution in [0.1, 0.15) is 23.7 Å². The molecule has 0 aliphatic rings. The topological polar surface area (TPSA) is 93.5 Å². The molecule has 1 aromatic carbocycles. The summed E-state index contributed by atoms with van der Waals surface area (Å²) < 4.78 is 5.01. The summed E-state index contributed by atoms with van der Waals surface area (Å²) in [5, 5.41) is 5.31. The fourth-order valence-electron chi connectivity index (χ4n) is 1.55. The molecule has 6 nitrogen and oxygen atoms in total. The van der Waals surface area contributed by atoms with Crippen LogP contribution in [0.5, 0.6) is 5.75 Å². The van der Waals surface area contributed by atoms with Gasteiger partial charge in [0.25, 0.3) is 5.91 Å². The van der Waals surface area contributed by atoms with E-state index in [1.54, 1.807) is 18.2 Å². The molecule has 0 saturated carbocycles. The second-order valence-corrected chi connectivity index (χ2v) is 3.92. The molecule has 1 aromatic rings. The largest absolute Gasteiger partial charge is 0.495 e. The predicted octanol–water partition coefficient (Wildman–Crippen LogP) is 0.533. The van der Waals surface area contributed by atoms with E-state index in [-0.39, 0.29) is 24.8 Å². The van der Waals surface area contributed by atoms with Crippen LogP contribution in [0.4, 0.5) is 5.69 Å². The van der Waals surface area contributed by atoms with Gasteiger partial charge >= 0.3 is 0 Å². The lowest BCUT2D eigenvalue weighted by Gasteiger charge is -2.08. The number of hydrogen-bond acceptors (Lipinski definition) is 4. The maximum Gasteiger partial charge on any atom is 0.251 e. The quantitative estimate of drug-likeness (QED) is 0.654. The van der Waals surface area contributed by atoms with Crippen molar-refractivity contribution in [2.45, 2.75) is 13.3 Å². The number of carbonyl (C=O) groups excluding carboxylic acids is 2. The van der Waals surface area contributed by atoms with E-state index in [9.17, 15) is 9.59 Å². The molecule has 2 amide bonds. The summed E-state index contributed by atoms with van der Waals surface area (Å²) in [7, 11) is 1.51. The van der Waals surface area contributed by atoms with E-state index in [0.717, 1.165) is 0 Å². The Morgan fingerprint density at radius 3 is 2.63 bits per heavy atom. The van der Waals surface area contributed by atoms with Crippen LogP contribution in [0.15, 0.2) is 18.2 Å². The number of amides is 2. The molecule has 0 aliphatic heterocycles. The summed E-state index contributed by atoms with van der Waals surface area (Å²) in [6, 6.07) is 4.80. The van der Waals surface area contributed by atoms with E-state index in [1.165, 1.54) is 7.11 Å². The number of hydrogen-bond donors (Lipinski definition) is 3. The molecule has 19 heavy (non-hydrogen) atoms. The monoisotopic (exact) mass is 265 g/mol. The number of rotatable bonds is 6. The number of nitrogen functional groups attached to an aromatic ring is 1. The van der Waals surface area contributed by atoms with Crippen molar-refractivity contribution in [1.82, 2.24) is 10.6 Å². The number of ether oxygens (including phenoxy) is 1. The molecule has 0 aromatic heterocycles. The number of anilines is 1. The Balaban J connectivity index is 2.50. The van der Waals surface area contributed by atoms with E-state index in [0.29, 0.717) is 23.5 Å². The lowest BCUT2D eigenvalue weighted by atomic mass is 10.1. The normalized spacial score (nSPS) is 9.79. The van der Waals surface area contributed by atoms with Crippen molar-refractivity contribution in [1.29, 1.82) is 0 Å². The maximum atomic E-state index is 11.8. The summed E-state index contributed by atoms with van der Waals surface area (Å²) in [5.74, 6) is 0.176. The molecular weight excluding hydrogens is 246 g/mol. The Labute approximate surface area is 112 Å². The molecule has 0 heterocycles. The van der Waals surface area contributed by atoms with Gasteiger partial charge in [0.05, 0.1) is 12.8 Å². The van der Waals surface area contributed by atoms with E-state index in [2.05, 4.69) is 10.6 Å². The number of benzene rings is 1. The smallest absolute Gasteiger partial charge is 0.251 e. The highest BCUT2D eigenvalue weighted by atomic mass is 16.5. The van der Waals surface area contributed by atoms with Gasteiger partial charge in [0.1, 0.15) is 5.75 Å². The number of nitrogens with two attached hydrogens (primary N) is 1. The van der Waals surface area contributed by atoms with Gasteiger partial charge in [-0.25, -0.2) is 0 Å². The highest BCUT2D eigenvalue weighted by Gasteiger charge is 2.08. The molecule has 4 N–H and O–H groups in total. The van der Waals surface area contributed by atoms with Crippen molar-refractivity contribution in [3.05, 3.63) is 23.8 Å². The van der Waals surface area contributed by atoms with Crippen LogP contribution in [0, 0.1) is 0 Å². The van der Waals surface area contributed by atoms with Gasteiger partial charge in [0.15, 0.2) is 0 Å². The van der Waals surface area contributed by atoms with Gasteiger partial charge in [-0.15, -0.1) is 0 Å². The van der Waals surface area contributed by atoms with Crippen molar-refractivity contribution >= 4 is 17.5 Å². The zero-order valence-electron chi connectivity index (χ0n) is 11.2. The molecular formula is C13H19N3O3. The Morgan fingerprint density at radius 2 is 2.05 bits per heavy atom. The molecule has 0 atom stereocenters. The van der Waals surface area contributed by atoms with E-state index >= 15 is 0 Å². The number of carbonyl (C=O) groups is 2. The first-order valence-corrected chi connectivity index (χ1v) is 6.07. The summed E-state index contributed by atoms with van der Waals surface area (Å²) >= 11 is 0. The van der Waals surface area contributed by atoms with Crippen LogP contribution in [-0.2, 0) is 4.79 Å². The molecule has 1 rings (SSSR count). The third-order valence-corrected chi connectivity index (χ3v) is 2.50. The maximum absolute atomic E-state index is 11.8. The summed E-state index contributed by atoms with van der Waals surface area (Å²) in [5.41, 5.74) is 6.56. The first kappa shape index (κ1) is 14.8. The van der Waals surface area contributed by atoms with Crippen molar-refractivity contribution in [3.8, 4) is 5.75 Å². The molecule has 0 bridgehead atoms. The van der Waals surface area contributed by atoms with Gasteiger partial charge in [-0.1, -0.05) is 0 Å². The lowest BCUT2D eigenvalue weighted by Crippen LogP contribution is -2.30. The third-order valence-electron chi connectivity index (χ3n) is 2.50. The van der Waals surface area contributed by atoms with Crippen LogP contribution in [0.2, 0.25) is 0 Å². The molecule has 0 unspecified atom stereocenters. The van der Waals surface area contributed by atoms with Gasteiger partial charge in [0, 0.05) is 25.1 Å². The van der Waals surface area contributed by atoms with Crippen LogP contribution in [0.25, 0.3) is 0 Å². The third kappa shape index (κ3) is 4.50. The molecule has 0 fully saturated rings. The number of methoxy groups -OCH3 is 1. The standard InChI is InChI=1S/C13H19N3O3/c1-3-15-12(17)6-7-16-13(18)9-4-5-11(19-2)10(14)8-9/h4-5,8H,3,6-7,14H2,1-2H3,(H,15,17)(H,16,18). The van der Waals surface area contributed by atoms with Gasteiger partial charge in [0.2, 0.25) is 5.91 Å². The fourth-order valence-corrected chi connectivity index (χ4v) is 1.55. The second kappa shape index (κ2) is 7.25.